The van der Waals surface area contributed by atoms with Gasteiger partial charge in [-0.2, -0.15) is 0 Å². The van der Waals surface area contributed by atoms with Crippen molar-refractivity contribution in [3.63, 3.8) is 0 Å². The minimum Gasteiger partial charge on any atom is -0.493 e. The predicted molar refractivity (Wildman–Crippen MR) is 165 cm³/mol. The van der Waals surface area contributed by atoms with E-state index in [1.165, 1.54) is 44.1 Å². The zero-order chi connectivity index (χ0) is 31.8. The minimum atomic E-state index is -0.686. The number of pyridine rings is 3. The molecule has 5 aromatic rings. The highest BCUT2D eigenvalue weighted by molar-refractivity contribution is 6.04. The number of halogens is 2. The molecule has 0 saturated heterocycles. The molecule has 1 fully saturated rings. The van der Waals surface area contributed by atoms with Crippen LogP contribution in [0.4, 0.5) is 14.5 Å². The van der Waals surface area contributed by atoms with Crippen LogP contribution >= 0.6 is 0 Å². The van der Waals surface area contributed by atoms with Gasteiger partial charge in [-0.05, 0) is 67.1 Å². The number of hydrogen-bond donors (Lipinski definition) is 1. The highest BCUT2D eigenvalue weighted by Gasteiger charge is 2.29. The van der Waals surface area contributed by atoms with Crippen LogP contribution in [-0.4, -0.2) is 41.8 Å². The third-order valence-corrected chi connectivity index (χ3v) is 7.97. The van der Waals surface area contributed by atoms with Crippen LogP contribution in [0.15, 0.2) is 65.7 Å². The highest BCUT2D eigenvalue weighted by Crippen LogP contribution is 2.40. The van der Waals surface area contributed by atoms with Crippen molar-refractivity contribution in [3.8, 4) is 23.1 Å². The zero-order valence-corrected chi connectivity index (χ0v) is 25.1. The van der Waals surface area contributed by atoms with Crippen LogP contribution in [0.5, 0.6) is 17.4 Å². The molecular weight excluding hydrogens is 582 g/mol. The van der Waals surface area contributed by atoms with E-state index in [-0.39, 0.29) is 34.7 Å². The lowest BCUT2D eigenvalue weighted by Crippen LogP contribution is -2.30. The van der Waals surface area contributed by atoms with Gasteiger partial charge in [0.15, 0.2) is 11.5 Å². The maximum absolute atomic E-state index is 15.4. The van der Waals surface area contributed by atoms with Crippen molar-refractivity contribution in [2.45, 2.75) is 32.1 Å². The standard InChI is InChI=1S/C34H30F2N4O5/c1-18-11-32(45-4)38-17-29(18)40-28(19-5-6-19)10-9-22(34(40)42)33(41)39-21-8-7-20(25(35)13-21)12-23-24-14-30(43-2)31(44-3)15-27(24)37-16-26(23)36/h7-11,13-17,19H,5-6,12H2,1-4H3,(H,39,41). The first-order valence-electron chi connectivity index (χ1n) is 14.3. The van der Waals surface area contributed by atoms with E-state index in [9.17, 15) is 14.0 Å². The number of fused-ring (bicyclic) bond motifs is 1. The number of amides is 1. The Morgan fingerprint density at radius 2 is 1.69 bits per heavy atom. The number of nitrogens with one attached hydrogen (secondary N) is 1. The van der Waals surface area contributed by atoms with Crippen molar-refractivity contribution >= 4 is 22.5 Å². The van der Waals surface area contributed by atoms with E-state index >= 15 is 4.39 Å². The predicted octanol–water partition coefficient (Wildman–Crippen LogP) is 6.11. The van der Waals surface area contributed by atoms with Gasteiger partial charge in [0.1, 0.15) is 17.2 Å². The Morgan fingerprint density at radius 3 is 2.36 bits per heavy atom. The second-order valence-electron chi connectivity index (χ2n) is 10.8. The summed E-state index contributed by atoms with van der Waals surface area (Å²) in [7, 11) is 4.47. The number of aromatic nitrogens is 3. The summed E-state index contributed by atoms with van der Waals surface area (Å²) < 4.78 is 47.8. The summed E-state index contributed by atoms with van der Waals surface area (Å²) in [4.78, 5) is 35.5. The van der Waals surface area contributed by atoms with Crippen molar-refractivity contribution in [2.75, 3.05) is 26.6 Å². The molecule has 1 amide bonds. The molecule has 3 heterocycles. The summed E-state index contributed by atoms with van der Waals surface area (Å²) in [6.45, 7) is 1.84. The summed E-state index contributed by atoms with van der Waals surface area (Å²) >= 11 is 0. The quantitative estimate of drug-likeness (QED) is 0.214. The van der Waals surface area contributed by atoms with Gasteiger partial charge < -0.3 is 19.5 Å². The van der Waals surface area contributed by atoms with Crippen molar-refractivity contribution in [3.05, 3.63) is 111 Å². The van der Waals surface area contributed by atoms with E-state index in [2.05, 4.69) is 15.3 Å². The molecule has 0 bridgehead atoms. The molecule has 2 aromatic carbocycles. The van der Waals surface area contributed by atoms with Gasteiger partial charge in [0.2, 0.25) is 5.88 Å². The van der Waals surface area contributed by atoms with E-state index in [0.29, 0.717) is 34.0 Å². The van der Waals surface area contributed by atoms with Gasteiger partial charge >= 0.3 is 0 Å². The van der Waals surface area contributed by atoms with Crippen molar-refractivity contribution < 1.29 is 27.8 Å². The largest absolute Gasteiger partial charge is 0.493 e. The number of benzene rings is 2. The molecule has 0 atom stereocenters. The molecule has 0 aliphatic heterocycles. The summed E-state index contributed by atoms with van der Waals surface area (Å²) in [5.41, 5.74) is 2.55. The van der Waals surface area contributed by atoms with Crippen molar-refractivity contribution in [2.24, 2.45) is 0 Å². The van der Waals surface area contributed by atoms with Crippen LogP contribution in [0.1, 0.15) is 51.5 Å². The van der Waals surface area contributed by atoms with Gasteiger partial charge in [-0.25, -0.2) is 13.8 Å². The summed E-state index contributed by atoms with van der Waals surface area (Å²) in [5, 5.41) is 3.09. The lowest BCUT2D eigenvalue weighted by molar-refractivity contribution is 0.102. The number of carbonyl (C=O) groups excluding carboxylic acids is 1. The molecule has 0 unspecified atom stereocenters. The molecule has 6 rings (SSSR count). The normalized spacial score (nSPS) is 12.7. The number of ether oxygens (including phenoxy) is 3. The Kier molecular flexibility index (Phi) is 7.92. The maximum Gasteiger partial charge on any atom is 0.268 e. The fourth-order valence-corrected chi connectivity index (χ4v) is 5.43. The van der Waals surface area contributed by atoms with Gasteiger partial charge in [-0.1, -0.05) is 6.07 Å². The molecule has 1 saturated carbocycles. The molecule has 0 spiro atoms. The SMILES string of the molecule is COc1cc(C)c(-n2c(C3CC3)ccc(C(=O)Nc3ccc(Cc4c(F)cnc5cc(OC)c(OC)cc45)c(F)c3)c2=O)cn1. The first kappa shape index (κ1) is 29.7. The average molecular weight is 613 g/mol. The Balaban J connectivity index is 1.29. The molecule has 230 valence electrons. The summed E-state index contributed by atoms with van der Waals surface area (Å²) in [6, 6.07) is 12.4. The number of rotatable bonds is 9. The van der Waals surface area contributed by atoms with Gasteiger partial charge in [0.25, 0.3) is 11.5 Å². The molecule has 1 N–H and O–H groups in total. The smallest absolute Gasteiger partial charge is 0.268 e. The van der Waals surface area contributed by atoms with Crippen LogP contribution in [0.3, 0.4) is 0 Å². The van der Waals surface area contributed by atoms with Crippen molar-refractivity contribution in [1.82, 2.24) is 14.5 Å². The Labute approximate surface area is 257 Å². The van der Waals surface area contributed by atoms with Crippen LogP contribution in [0.2, 0.25) is 0 Å². The number of carbonyl (C=O) groups is 1. The van der Waals surface area contributed by atoms with Crippen LogP contribution in [0, 0.1) is 18.6 Å². The third kappa shape index (κ3) is 5.68. The van der Waals surface area contributed by atoms with Gasteiger partial charge in [0, 0.05) is 40.9 Å². The molecule has 45 heavy (non-hydrogen) atoms. The van der Waals surface area contributed by atoms with E-state index in [4.69, 9.17) is 14.2 Å². The Bertz CT molecular complexity index is 2020. The molecule has 1 aliphatic carbocycles. The first-order chi connectivity index (χ1) is 21.7. The summed E-state index contributed by atoms with van der Waals surface area (Å²) in [6.07, 6.45) is 4.45. The second-order valence-corrected chi connectivity index (χ2v) is 10.8. The fraction of sp³-hybridized carbons (Fsp3) is 0.235. The van der Waals surface area contributed by atoms with Gasteiger partial charge in [-0.3, -0.25) is 19.1 Å². The lowest BCUT2D eigenvalue weighted by Gasteiger charge is -2.17. The van der Waals surface area contributed by atoms with Crippen LogP contribution in [-0.2, 0) is 6.42 Å². The maximum atomic E-state index is 15.4. The number of anilines is 1. The van der Waals surface area contributed by atoms with E-state index in [1.807, 2.05) is 6.92 Å². The van der Waals surface area contributed by atoms with E-state index in [1.54, 1.807) is 30.5 Å². The van der Waals surface area contributed by atoms with Gasteiger partial charge in [-0.15, -0.1) is 0 Å². The lowest BCUT2D eigenvalue weighted by atomic mass is 9.99. The van der Waals surface area contributed by atoms with Crippen LogP contribution in [0.25, 0.3) is 16.6 Å². The summed E-state index contributed by atoms with van der Waals surface area (Å²) in [5.74, 6) is -0.487. The molecule has 11 heteroatoms. The first-order valence-corrected chi connectivity index (χ1v) is 14.3. The average Bonchev–Trinajstić information content (AvgIpc) is 3.88. The van der Waals surface area contributed by atoms with E-state index in [0.717, 1.165) is 36.4 Å². The van der Waals surface area contributed by atoms with E-state index < -0.39 is 23.1 Å². The second kappa shape index (κ2) is 12.0. The number of nitrogens with zero attached hydrogens (tertiary/aromatic N) is 3. The monoisotopic (exact) mass is 612 g/mol. The molecule has 9 nitrogen and oxygen atoms in total. The Morgan fingerprint density at radius 1 is 0.933 bits per heavy atom. The number of aryl methyl sites for hydroxylation is 1. The minimum absolute atomic E-state index is 0.0804. The molecule has 3 aromatic heterocycles. The topological polar surface area (TPSA) is 105 Å². The molecule has 0 radical (unpaired) electrons. The van der Waals surface area contributed by atoms with Crippen LogP contribution < -0.4 is 25.1 Å². The zero-order valence-electron chi connectivity index (χ0n) is 25.1. The Hall–Kier alpha value is -5.32. The molecule has 1 aliphatic rings. The molecular formula is C34H30F2N4O5. The number of hydrogen-bond acceptors (Lipinski definition) is 7. The number of methoxy groups -OCH3 is 3. The highest BCUT2D eigenvalue weighted by atomic mass is 19.1. The van der Waals surface area contributed by atoms with Gasteiger partial charge in [0.05, 0.1) is 44.9 Å². The van der Waals surface area contributed by atoms with Crippen molar-refractivity contribution in [1.29, 1.82) is 0 Å². The third-order valence-electron chi connectivity index (χ3n) is 7.97. The fourth-order valence-electron chi connectivity index (χ4n) is 5.43.